The van der Waals surface area contributed by atoms with Gasteiger partial charge in [-0.1, -0.05) is 23.7 Å². The number of nitrogens with one attached hydrogen (secondary N) is 1. The average Bonchev–Trinajstić information content (AvgIpc) is 2.70. The van der Waals surface area contributed by atoms with Gasteiger partial charge in [0.15, 0.2) is 0 Å². The Balaban J connectivity index is 2.02. The van der Waals surface area contributed by atoms with Crippen LogP contribution in [0.15, 0.2) is 35.4 Å². The normalized spacial score (nSPS) is 11.8. The van der Waals surface area contributed by atoms with Gasteiger partial charge < -0.3 is 0 Å². The van der Waals surface area contributed by atoms with E-state index in [1.807, 2.05) is 18.2 Å². The number of benzene rings is 1. The van der Waals surface area contributed by atoms with Crippen molar-refractivity contribution in [3.63, 3.8) is 0 Å². The first-order chi connectivity index (χ1) is 9.40. The highest BCUT2D eigenvalue weighted by molar-refractivity contribution is 7.89. The van der Waals surface area contributed by atoms with E-state index in [0.29, 0.717) is 23.7 Å². The predicted octanol–water partition coefficient (Wildman–Crippen LogP) is 1.90. The number of halogens is 1. The lowest BCUT2D eigenvalue weighted by Gasteiger charge is -2.06. The van der Waals surface area contributed by atoms with Gasteiger partial charge in [0.05, 0.1) is 11.9 Å². The van der Waals surface area contributed by atoms with Crippen LogP contribution in [0.3, 0.4) is 0 Å². The first-order valence-corrected chi connectivity index (χ1v) is 7.99. The van der Waals surface area contributed by atoms with E-state index >= 15 is 0 Å². The van der Waals surface area contributed by atoms with Gasteiger partial charge in [0, 0.05) is 18.6 Å². The Morgan fingerprint density at radius 3 is 2.75 bits per heavy atom. The lowest BCUT2D eigenvalue weighted by Crippen LogP contribution is -2.26. The quantitative estimate of drug-likeness (QED) is 0.917. The number of nitrogens with zero attached hydrogens (tertiary/aromatic N) is 2. The van der Waals surface area contributed by atoms with Crippen molar-refractivity contribution in [2.75, 3.05) is 6.54 Å². The first-order valence-electron chi connectivity index (χ1n) is 6.13. The van der Waals surface area contributed by atoms with Crippen LogP contribution in [0.2, 0.25) is 5.02 Å². The molecule has 0 amide bonds. The molecule has 7 heteroatoms. The van der Waals surface area contributed by atoms with Crippen molar-refractivity contribution >= 4 is 21.6 Å². The maximum Gasteiger partial charge on any atom is 0.243 e. The van der Waals surface area contributed by atoms with Crippen molar-refractivity contribution in [1.29, 1.82) is 0 Å². The third kappa shape index (κ3) is 3.39. The maximum atomic E-state index is 12.1. The van der Waals surface area contributed by atoms with Crippen LogP contribution in [0.1, 0.15) is 11.3 Å². The summed E-state index contributed by atoms with van der Waals surface area (Å²) in [6, 6.07) is 7.37. The molecule has 0 bridgehead atoms. The molecule has 1 aromatic carbocycles. The van der Waals surface area contributed by atoms with Crippen molar-refractivity contribution < 1.29 is 8.42 Å². The van der Waals surface area contributed by atoms with Crippen LogP contribution in [0.4, 0.5) is 0 Å². The molecule has 0 aliphatic rings. The molecule has 0 spiro atoms. The summed E-state index contributed by atoms with van der Waals surface area (Å²) in [5.41, 5.74) is 1.60. The minimum atomic E-state index is -3.52. The van der Waals surface area contributed by atoms with Crippen LogP contribution in [0, 0.1) is 6.92 Å². The largest absolute Gasteiger partial charge is 0.272 e. The molecule has 2 aromatic rings. The number of aryl methyl sites for hydroxylation is 1. The van der Waals surface area contributed by atoms with E-state index in [1.54, 1.807) is 20.0 Å². The number of hydrogen-bond donors (Lipinski definition) is 1. The van der Waals surface area contributed by atoms with Gasteiger partial charge in [0.25, 0.3) is 0 Å². The summed E-state index contributed by atoms with van der Waals surface area (Å²) in [4.78, 5) is 0.214. The monoisotopic (exact) mass is 313 g/mol. The van der Waals surface area contributed by atoms with Gasteiger partial charge in [0.2, 0.25) is 10.0 Å². The van der Waals surface area contributed by atoms with Gasteiger partial charge >= 0.3 is 0 Å². The highest BCUT2D eigenvalue weighted by atomic mass is 35.5. The summed E-state index contributed by atoms with van der Waals surface area (Å²) < 4.78 is 28.4. The van der Waals surface area contributed by atoms with Gasteiger partial charge in [-0.2, -0.15) is 5.10 Å². The van der Waals surface area contributed by atoms with E-state index in [9.17, 15) is 8.42 Å². The van der Waals surface area contributed by atoms with Crippen LogP contribution in [0.25, 0.3) is 0 Å². The van der Waals surface area contributed by atoms with Crippen LogP contribution in [-0.2, 0) is 23.5 Å². The number of sulfonamides is 1. The van der Waals surface area contributed by atoms with Crippen LogP contribution >= 0.6 is 11.6 Å². The molecule has 1 heterocycles. The van der Waals surface area contributed by atoms with Crippen LogP contribution < -0.4 is 4.72 Å². The number of hydrogen-bond acceptors (Lipinski definition) is 3. The van der Waals surface area contributed by atoms with Gasteiger partial charge in [-0.15, -0.1) is 0 Å². The SMILES string of the molecule is Cc1c(S(=O)(=O)NCCc2cccc(Cl)c2)cnn1C. The molecule has 0 unspecified atom stereocenters. The third-order valence-electron chi connectivity index (χ3n) is 3.07. The van der Waals surface area contributed by atoms with Gasteiger partial charge in [-0.3, -0.25) is 4.68 Å². The van der Waals surface area contributed by atoms with Crippen molar-refractivity contribution in [3.8, 4) is 0 Å². The van der Waals surface area contributed by atoms with Crippen molar-refractivity contribution in [2.45, 2.75) is 18.2 Å². The minimum absolute atomic E-state index is 0.214. The Labute approximate surface area is 123 Å². The second-order valence-electron chi connectivity index (χ2n) is 4.50. The summed E-state index contributed by atoms with van der Waals surface area (Å²) in [6.07, 6.45) is 1.94. The molecule has 5 nitrogen and oxygen atoms in total. The molecule has 1 N–H and O–H groups in total. The van der Waals surface area contributed by atoms with Crippen LogP contribution in [-0.4, -0.2) is 24.7 Å². The standard InChI is InChI=1S/C13H16ClN3O2S/c1-10-13(9-15-17(10)2)20(18,19)16-7-6-11-4-3-5-12(14)8-11/h3-5,8-9,16H,6-7H2,1-2H3. The molecule has 0 fully saturated rings. The van der Waals surface area contributed by atoms with Crippen molar-refractivity contribution in [1.82, 2.24) is 14.5 Å². The summed E-state index contributed by atoms with van der Waals surface area (Å²) in [7, 11) is -1.81. The third-order valence-corrected chi connectivity index (χ3v) is 4.87. The molecule has 0 saturated heterocycles. The zero-order chi connectivity index (χ0) is 14.8. The summed E-state index contributed by atoms with van der Waals surface area (Å²) >= 11 is 5.88. The molecule has 0 radical (unpaired) electrons. The topological polar surface area (TPSA) is 64.0 Å². The van der Waals surface area contributed by atoms with Gasteiger partial charge in [-0.05, 0) is 31.0 Å². The van der Waals surface area contributed by atoms with Crippen molar-refractivity contribution in [2.24, 2.45) is 7.05 Å². The smallest absolute Gasteiger partial charge is 0.243 e. The molecule has 0 atom stereocenters. The van der Waals surface area contributed by atoms with Gasteiger partial charge in [-0.25, -0.2) is 13.1 Å². The molecule has 2 rings (SSSR count). The Hall–Kier alpha value is -1.37. The average molecular weight is 314 g/mol. The molecule has 0 saturated carbocycles. The van der Waals surface area contributed by atoms with Crippen molar-refractivity contribution in [3.05, 3.63) is 46.7 Å². The van der Waals surface area contributed by atoms with Crippen LogP contribution in [0.5, 0.6) is 0 Å². The fourth-order valence-electron chi connectivity index (χ4n) is 1.84. The molecular formula is C13H16ClN3O2S. The maximum absolute atomic E-state index is 12.1. The lowest BCUT2D eigenvalue weighted by atomic mass is 10.2. The van der Waals surface area contributed by atoms with E-state index in [2.05, 4.69) is 9.82 Å². The van der Waals surface area contributed by atoms with E-state index in [0.717, 1.165) is 5.56 Å². The molecule has 108 valence electrons. The number of rotatable bonds is 5. The minimum Gasteiger partial charge on any atom is -0.272 e. The van der Waals surface area contributed by atoms with E-state index < -0.39 is 10.0 Å². The zero-order valence-corrected chi connectivity index (χ0v) is 12.9. The summed E-state index contributed by atoms with van der Waals surface area (Å²) in [6.45, 7) is 2.04. The second kappa shape index (κ2) is 5.95. The Kier molecular flexibility index (Phi) is 4.47. The zero-order valence-electron chi connectivity index (χ0n) is 11.3. The molecule has 1 aromatic heterocycles. The fraction of sp³-hybridized carbons (Fsp3) is 0.308. The first kappa shape index (κ1) is 15.0. The van der Waals surface area contributed by atoms with E-state index in [1.165, 1.54) is 10.9 Å². The summed E-state index contributed by atoms with van der Waals surface area (Å²) in [5.74, 6) is 0. The molecule has 20 heavy (non-hydrogen) atoms. The Morgan fingerprint density at radius 1 is 1.40 bits per heavy atom. The number of aromatic nitrogens is 2. The molecule has 0 aliphatic carbocycles. The lowest BCUT2D eigenvalue weighted by molar-refractivity contribution is 0.580. The Bertz CT molecular complexity index is 710. The van der Waals surface area contributed by atoms with E-state index in [4.69, 9.17) is 11.6 Å². The highest BCUT2D eigenvalue weighted by Crippen LogP contribution is 2.14. The fourth-order valence-corrected chi connectivity index (χ4v) is 3.29. The molecule has 0 aliphatic heterocycles. The predicted molar refractivity (Wildman–Crippen MR) is 78.3 cm³/mol. The van der Waals surface area contributed by atoms with E-state index in [-0.39, 0.29) is 4.90 Å². The second-order valence-corrected chi connectivity index (χ2v) is 6.67. The van der Waals surface area contributed by atoms with Gasteiger partial charge in [0.1, 0.15) is 4.90 Å². The highest BCUT2D eigenvalue weighted by Gasteiger charge is 2.19. The molecular weight excluding hydrogens is 298 g/mol. The Morgan fingerprint density at radius 2 is 2.15 bits per heavy atom. The summed E-state index contributed by atoms with van der Waals surface area (Å²) in [5, 5.41) is 4.59.